The van der Waals surface area contributed by atoms with Crippen molar-refractivity contribution in [2.75, 3.05) is 5.32 Å². The van der Waals surface area contributed by atoms with E-state index in [-0.39, 0.29) is 11.5 Å². The molecule has 5 aromatic rings. The minimum absolute atomic E-state index is 0.140. The zero-order valence-corrected chi connectivity index (χ0v) is 19.8. The van der Waals surface area contributed by atoms with Crippen LogP contribution in [0.4, 0.5) is 5.69 Å². The fourth-order valence-electron chi connectivity index (χ4n) is 3.96. The zero-order valence-electron chi connectivity index (χ0n) is 19.0. The lowest BCUT2D eigenvalue weighted by Crippen LogP contribution is -2.21. The maximum absolute atomic E-state index is 13.6. The Hall–Kier alpha value is -3.91. The SMILES string of the molecule is Cc1ccc(C)c(NC(=O)C(Sc2nnc3n(C)c(=O)c4ccccc4n23)c2ccccc2)c1. The molecule has 0 aliphatic rings. The number of carbonyl (C=O) groups is 1. The number of rotatable bonds is 5. The van der Waals surface area contributed by atoms with Crippen LogP contribution in [0.25, 0.3) is 16.7 Å². The third-order valence-corrected chi connectivity index (χ3v) is 7.01. The molecule has 0 saturated heterocycles. The Bertz CT molecular complexity index is 1590. The minimum atomic E-state index is -0.579. The molecule has 0 saturated carbocycles. The van der Waals surface area contributed by atoms with Crippen molar-refractivity contribution in [1.29, 1.82) is 0 Å². The van der Waals surface area contributed by atoms with Crippen molar-refractivity contribution in [2.45, 2.75) is 24.3 Å². The van der Waals surface area contributed by atoms with E-state index >= 15 is 0 Å². The Morgan fingerprint density at radius 3 is 2.50 bits per heavy atom. The van der Waals surface area contributed by atoms with Gasteiger partial charge in [0, 0.05) is 12.7 Å². The number of carbonyl (C=O) groups excluding carboxylic acids is 1. The molecule has 1 unspecified atom stereocenters. The number of amides is 1. The maximum atomic E-state index is 13.6. The zero-order chi connectivity index (χ0) is 23.8. The lowest BCUT2D eigenvalue weighted by atomic mass is 10.1. The molecule has 1 amide bonds. The third-order valence-electron chi connectivity index (χ3n) is 5.81. The van der Waals surface area contributed by atoms with E-state index in [0.29, 0.717) is 21.8 Å². The fourth-order valence-corrected chi connectivity index (χ4v) is 5.01. The molecule has 2 aromatic heterocycles. The summed E-state index contributed by atoms with van der Waals surface area (Å²) in [5, 5.41) is 12.3. The van der Waals surface area contributed by atoms with Gasteiger partial charge in [0.05, 0.1) is 10.9 Å². The van der Waals surface area contributed by atoms with Gasteiger partial charge in [0.1, 0.15) is 5.25 Å². The van der Waals surface area contributed by atoms with Crippen molar-refractivity contribution >= 4 is 40.0 Å². The van der Waals surface area contributed by atoms with Crippen LogP contribution in [0.3, 0.4) is 0 Å². The molecule has 0 aliphatic carbocycles. The Kier molecular flexibility index (Phi) is 5.67. The number of benzene rings is 3. The van der Waals surface area contributed by atoms with Gasteiger partial charge in [-0.15, -0.1) is 10.2 Å². The van der Waals surface area contributed by atoms with Gasteiger partial charge in [-0.2, -0.15) is 0 Å². The molecule has 2 heterocycles. The van der Waals surface area contributed by atoms with Gasteiger partial charge in [-0.3, -0.25) is 18.6 Å². The number of aromatic nitrogens is 4. The number of aryl methyl sites for hydroxylation is 3. The smallest absolute Gasteiger partial charge is 0.262 e. The fraction of sp³-hybridized carbons (Fsp3) is 0.154. The van der Waals surface area contributed by atoms with Gasteiger partial charge in [0.25, 0.3) is 5.56 Å². The Morgan fingerprint density at radius 1 is 0.971 bits per heavy atom. The number of para-hydroxylation sites is 1. The molecule has 1 atom stereocenters. The summed E-state index contributed by atoms with van der Waals surface area (Å²) in [5.41, 5.74) is 4.26. The summed E-state index contributed by atoms with van der Waals surface area (Å²) >= 11 is 1.31. The first-order valence-electron chi connectivity index (χ1n) is 10.9. The van der Waals surface area contributed by atoms with Gasteiger partial charge in [-0.25, -0.2) is 0 Å². The molecule has 0 bridgehead atoms. The van der Waals surface area contributed by atoms with Crippen molar-refractivity contribution in [1.82, 2.24) is 19.2 Å². The van der Waals surface area contributed by atoms with Crippen molar-refractivity contribution < 1.29 is 4.79 Å². The van der Waals surface area contributed by atoms with Crippen LogP contribution >= 0.6 is 11.8 Å². The highest BCUT2D eigenvalue weighted by Crippen LogP contribution is 2.36. The van der Waals surface area contributed by atoms with E-state index in [4.69, 9.17) is 0 Å². The molecular formula is C26H23N5O2S. The second-order valence-electron chi connectivity index (χ2n) is 8.22. The van der Waals surface area contributed by atoms with Crippen LogP contribution in [0.2, 0.25) is 0 Å². The van der Waals surface area contributed by atoms with Crippen LogP contribution in [0, 0.1) is 13.8 Å². The number of hydrogen-bond donors (Lipinski definition) is 1. The number of thioether (sulfide) groups is 1. The van der Waals surface area contributed by atoms with Gasteiger partial charge in [-0.1, -0.05) is 66.4 Å². The molecule has 170 valence electrons. The van der Waals surface area contributed by atoms with Crippen molar-refractivity contribution in [3.05, 3.63) is 99.8 Å². The molecule has 0 spiro atoms. The van der Waals surface area contributed by atoms with Crippen LogP contribution < -0.4 is 10.9 Å². The first-order valence-corrected chi connectivity index (χ1v) is 11.7. The number of anilines is 1. The van der Waals surface area contributed by atoms with Gasteiger partial charge in [0.2, 0.25) is 11.7 Å². The lowest BCUT2D eigenvalue weighted by Gasteiger charge is -2.18. The van der Waals surface area contributed by atoms with E-state index in [1.54, 1.807) is 13.1 Å². The predicted octanol–water partition coefficient (Wildman–Crippen LogP) is 4.67. The molecule has 0 radical (unpaired) electrons. The quantitative estimate of drug-likeness (QED) is 0.378. The summed E-state index contributed by atoms with van der Waals surface area (Å²) in [4.78, 5) is 26.4. The van der Waals surface area contributed by atoms with E-state index in [2.05, 4.69) is 15.5 Å². The highest BCUT2D eigenvalue weighted by molar-refractivity contribution is 8.00. The largest absolute Gasteiger partial charge is 0.325 e. The van der Waals surface area contributed by atoms with Crippen LogP contribution in [-0.4, -0.2) is 25.1 Å². The Morgan fingerprint density at radius 2 is 1.71 bits per heavy atom. The van der Waals surface area contributed by atoms with E-state index in [0.717, 1.165) is 22.4 Å². The van der Waals surface area contributed by atoms with Gasteiger partial charge in [0.15, 0.2) is 5.16 Å². The van der Waals surface area contributed by atoms with Crippen molar-refractivity contribution in [3.63, 3.8) is 0 Å². The average Bonchev–Trinajstić information content (AvgIpc) is 3.28. The summed E-state index contributed by atoms with van der Waals surface area (Å²) < 4.78 is 3.32. The van der Waals surface area contributed by atoms with E-state index in [1.807, 2.05) is 85.0 Å². The summed E-state index contributed by atoms with van der Waals surface area (Å²) in [6.07, 6.45) is 0. The van der Waals surface area contributed by atoms with Crippen LogP contribution in [0.5, 0.6) is 0 Å². The topological polar surface area (TPSA) is 81.3 Å². The highest BCUT2D eigenvalue weighted by atomic mass is 32.2. The summed E-state index contributed by atoms with van der Waals surface area (Å²) in [7, 11) is 1.68. The maximum Gasteiger partial charge on any atom is 0.262 e. The van der Waals surface area contributed by atoms with E-state index in [1.165, 1.54) is 16.3 Å². The van der Waals surface area contributed by atoms with E-state index in [9.17, 15) is 9.59 Å². The number of hydrogen-bond acceptors (Lipinski definition) is 5. The summed E-state index contributed by atoms with van der Waals surface area (Å²) in [6.45, 7) is 3.97. The van der Waals surface area contributed by atoms with E-state index < -0.39 is 5.25 Å². The number of fused-ring (bicyclic) bond motifs is 3. The molecule has 7 nitrogen and oxygen atoms in total. The summed E-state index contributed by atoms with van der Waals surface area (Å²) in [5.74, 6) is 0.267. The highest BCUT2D eigenvalue weighted by Gasteiger charge is 2.26. The van der Waals surface area contributed by atoms with Crippen molar-refractivity contribution in [2.24, 2.45) is 7.05 Å². The Labute approximate surface area is 200 Å². The molecular weight excluding hydrogens is 446 g/mol. The van der Waals surface area contributed by atoms with Gasteiger partial charge < -0.3 is 5.32 Å². The molecule has 0 aliphatic heterocycles. The number of nitrogens with one attached hydrogen (secondary N) is 1. The first kappa shape index (κ1) is 21.9. The number of nitrogens with zero attached hydrogens (tertiary/aromatic N) is 4. The standard InChI is InChI=1S/C26H23N5O2S/c1-16-13-14-17(2)20(15-16)27-23(32)22(18-9-5-4-6-10-18)34-26-29-28-25-30(3)24(33)19-11-7-8-12-21(19)31(25)26/h4-15,22H,1-3H3,(H,27,32). The normalized spacial score (nSPS) is 12.2. The average molecular weight is 470 g/mol. The van der Waals surface area contributed by atoms with Crippen molar-refractivity contribution in [3.8, 4) is 0 Å². The lowest BCUT2D eigenvalue weighted by molar-refractivity contribution is -0.115. The molecule has 5 rings (SSSR count). The van der Waals surface area contributed by atoms with Crippen LogP contribution in [-0.2, 0) is 11.8 Å². The second kappa shape index (κ2) is 8.79. The molecule has 8 heteroatoms. The molecule has 0 fully saturated rings. The molecule has 3 aromatic carbocycles. The summed E-state index contributed by atoms with van der Waals surface area (Å²) in [6, 6.07) is 22.9. The van der Waals surface area contributed by atoms with Crippen LogP contribution in [0.15, 0.2) is 82.7 Å². The monoisotopic (exact) mass is 469 g/mol. The Balaban J connectivity index is 1.61. The third kappa shape index (κ3) is 3.86. The second-order valence-corrected chi connectivity index (χ2v) is 9.29. The predicted molar refractivity (Wildman–Crippen MR) is 135 cm³/mol. The molecule has 34 heavy (non-hydrogen) atoms. The van der Waals surface area contributed by atoms with Gasteiger partial charge in [-0.05, 0) is 48.7 Å². The van der Waals surface area contributed by atoms with Crippen LogP contribution in [0.1, 0.15) is 21.9 Å². The first-order chi connectivity index (χ1) is 16.4. The molecule has 1 N–H and O–H groups in total. The van der Waals surface area contributed by atoms with Gasteiger partial charge >= 0.3 is 0 Å². The minimum Gasteiger partial charge on any atom is -0.325 e.